The van der Waals surface area contributed by atoms with Gasteiger partial charge in [0.15, 0.2) is 0 Å². The van der Waals surface area contributed by atoms with Crippen LogP contribution in [0.25, 0.3) is 10.8 Å². The molecule has 0 aliphatic rings. The van der Waals surface area contributed by atoms with Crippen molar-refractivity contribution >= 4 is 10.8 Å². The molecular formula is C12H13NO. The van der Waals surface area contributed by atoms with Gasteiger partial charge in [-0.25, -0.2) is 0 Å². The van der Waals surface area contributed by atoms with E-state index >= 15 is 0 Å². The summed E-state index contributed by atoms with van der Waals surface area (Å²) in [4.78, 5) is 4.33. The topological polar surface area (TPSA) is 33.1 Å². The lowest BCUT2D eigenvalue weighted by Gasteiger charge is -2.06. The van der Waals surface area contributed by atoms with Crippen LogP contribution in [-0.4, -0.2) is 10.1 Å². The Kier molecular flexibility index (Phi) is 2.22. The molecule has 72 valence electrons. The largest absolute Gasteiger partial charge is 0.390 e. The van der Waals surface area contributed by atoms with Crippen molar-refractivity contribution in [3.63, 3.8) is 0 Å². The molecule has 2 nitrogen and oxygen atoms in total. The predicted molar refractivity (Wildman–Crippen MR) is 57.1 cm³/mol. The van der Waals surface area contributed by atoms with Crippen molar-refractivity contribution in [2.24, 2.45) is 0 Å². The fourth-order valence-corrected chi connectivity index (χ4v) is 1.87. The second-order valence-corrected chi connectivity index (χ2v) is 3.53. The summed E-state index contributed by atoms with van der Waals surface area (Å²) in [5.41, 5.74) is 2.96. The van der Waals surface area contributed by atoms with Crippen molar-refractivity contribution in [3.8, 4) is 0 Å². The number of rotatable bonds is 1. The maximum atomic E-state index is 9.03. The molecule has 2 aromatic rings. The van der Waals surface area contributed by atoms with Crippen LogP contribution in [0.1, 0.15) is 17.0 Å². The highest BCUT2D eigenvalue weighted by molar-refractivity contribution is 5.87. The lowest BCUT2D eigenvalue weighted by Crippen LogP contribution is -1.94. The fourth-order valence-electron chi connectivity index (χ4n) is 1.87. The zero-order valence-corrected chi connectivity index (χ0v) is 8.41. The minimum Gasteiger partial charge on any atom is -0.390 e. The molecule has 0 saturated heterocycles. The Morgan fingerprint density at radius 3 is 2.79 bits per heavy atom. The van der Waals surface area contributed by atoms with Crippen LogP contribution in [0.5, 0.6) is 0 Å². The third kappa shape index (κ3) is 1.38. The van der Waals surface area contributed by atoms with Crippen molar-refractivity contribution in [3.05, 3.63) is 41.2 Å². The Balaban J connectivity index is 2.83. The summed E-state index contributed by atoms with van der Waals surface area (Å²) in [6.07, 6.45) is 0. The third-order valence-corrected chi connectivity index (χ3v) is 2.46. The van der Waals surface area contributed by atoms with E-state index in [1.165, 1.54) is 10.9 Å². The van der Waals surface area contributed by atoms with Gasteiger partial charge in [0.05, 0.1) is 12.3 Å². The smallest absolute Gasteiger partial charge is 0.0853 e. The lowest BCUT2D eigenvalue weighted by molar-refractivity contribution is 0.277. The van der Waals surface area contributed by atoms with E-state index in [0.717, 1.165) is 16.8 Å². The SMILES string of the molecule is Cc1cccc2cc(CO)nc(C)c12. The zero-order valence-electron chi connectivity index (χ0n) is 8.41. The first-order valence-electron chi connectivity index (χ1n) is 4.69. The minimum absolute atomic E-state index is 0.00468. The van der Waals surface area contributed by atoms with Gasteiger partial charge >= 0.3 is 0 Å². The molecule has 0 fully saturated rings. The van der Waals surface area contributed by atoms with Gasteiger partial charge in [-0.15, -0.1) is 0 Å². The summed E-state index contributed by atoms with van der Waals surface area (Å²) in [5, 5.41) is 11.4. The average molecular weight is 187 g/mol. The normalized spacial score (nSPS) is 10.8. The molecule has 0 spiro atoms. The summed E-state index contributed by atoms with van der Waals surface area (Å²) in [7, 11) is 0. The Bertz CT molecular complexity index is 477. The van der Waals surface area contributed by atoms with Crippen LogP contribution < -0.4 is 0 Å². The number of pyridine rings is 1. The van der Waals surface area contributed by atoms with Gasteiger partial charge in [-0.2, -0.15) is 0 Å². The van der Waals surface area contributed by atoms with E-state index in [1.54, 1.807) is 0 Å². The molecule has 1 aromatic carbocycles. The summed E-state index contributed by atoms with van der Waals surface area (Å²) in [6, 6.07) is 8.10. The van der Waals surface area contributed by atoms with E-state index in [2.05, 4.69) is 24.0 Å². The molecule has 2 rings (SSSR count). The van der Waals surface area contributed by atoms with E-state index in [0.29, 0.717) is 0 Å². The lowest BCUT2D eigenvalue weighted by atomic mass is 10.0. The highest BCUT2D eigenvalue weighted by Crippen LogP contribution is 2.21. The van der Waals surface area contributed by atoms with Crippen molar-refractivity contribution in [1.29, 1.82) is 0 Å². The first kappa shape index (κ1) is 9.16. The van der Waals surface area contributed by atoms with Crippen molar-refractivity contribution in [2.45, 2.75) is 20.5 Å². The second kappa shape index (κ2) is 3.39. The molecule has 14 heavy (non-hydrogen) atoms. The van der Waals surface area contributed by atoms with Gasteiger partial charge in [0, 0.05) is 11.1 Å². The molecule has 0 aliphatic heterocycles. The molecule has 0 aliphatic carbocycles. The second-order valence-electron chi connectivity index (χ2n) is 3.53. The summed E-state index contributed by atoms with van der Waals surface area (Å²) in [5.74, 6) is 0. The number of hydrogen-bond donors (Lipinski definition) is 1. The number of hydrogen-bond acceptors (Lipinski definition) is 2. The van der Waals surface area contributed by atoms with Crippen molar-refractivity contribution < 1.29 is 5.11 Å². The quantitative estimate of drug-likeness (QED) is 0.743. The summed E-state index contributed by atoms with van der Waals surface area (Å²) >= 11 is 0. The Hall–Kier alpha value is -1.41. The third-order valence-electron chi connectivity index (χ3n) is 2.46. The molecule has 0 unspecified atom stereocenters. The van der Waals surface area contributed by atoms with Gasteiger partial charge in [-0.1, -0.05) is 18.2 Å². The molecule has 1 heterocycles. The van der Waals surface area contributed by atoms with Gasteiger partial charge in [0.25, 0.3) is 0 Å². The van der Waals surface area contributed by atoms with E-state index in [1.807, 2.05) is 19.1 Å². The first-order chi connectivity index (χ1) is 6.72. The number of aliphatic hydroxyl groups excluding tert-OH is 1. The molecule has 0 saturated carbocycles. The van der Waals surface area contributed by atoms with Crippen LogP contribution in [0, 0.1) is 13.8 Å². The van der Waals surface area contributed by atoms with Gasteiger partial charge in [-0.3, -0.25) is 4.98 Å². The molecule has 1 N–H and O–H groups in total. The summed E-state index contributed by atoms with van der Waals surface area (Å²) < 4.78 is 0. The number of nitrogens with zero attached hydrogens (tertiary/aromatic N) is 1. The van der Waals surface area contributed by atoms with E-state index in [9.17, 15) is 0 Å². The van der Waals surface area contributed by atoms with E-state index < -0.39 is 0 Å². The highest BCUT2D eigenvalue weighted by atomic mass is 16.3. The molecule has 0 bridgehead atoms. The van der Waals surface area contributed by atoms with Crippen LogP contribution >= 0.6 is 0 Å². The minimum atomic E-state index is 0.00468. The predicted octanol–water partition coefficient (Wildman–Crippen LogP) is 2.34. The number of benzene rings is 1. The van der Waals surface area contributed by atoms with Crippen LogP contribution in [0.3, 0.4) is 0 Å². The fraction of sp³-hybridized carbons (Fsp3) is 0.250. The van der Waals surface area contributed by atoms with Crippen LogP contribution in [0.4, 0.5) is 0 Å². The van der Waals surface area contributed by atoms with Crippen molar-refractivity contribution in [1.82, 2.24) is 4.98 Å². The average Bonchev–Trinajstić information content (AvgIpc) is 2.17. The number of aliphatic hydroxyl groups is 1. The Morgan fingerprint density at radius 1 is 1.29 bits per heavy atom. The summed E-state index contributed by atoms with van der Waals surface area (Å²) in [6.45, 7) is 4.06. The molecule has 1 aromatic heterocycles. The monoisotopic (exact) mass is 187 g/mol. The molecule has 0 amide bonds. The maximum absolute atomic E-state index is 9.03. The van der Waals surface area contributed by atoms with Crippen LogP contribution in [0.15, 0.2) is 24.3 Å². The Morgan fingerprint density at radius 2 is 2.07 bits per heavy atom. The molecular weight excluding hydrogens is 174 g/mol. The molecule has 2 heteroatoms. The van der Waals surface area contributed by atoms with E-state index in [-0.39, 0.29) is 6.61 Å². The number of fused-ring (bicyclic) bond motifs is 1. The zero-order chi connectivity index (χ0) is 10.1. The van der Waals surface area contributed by atoms with E-state index in [4.69, 9.17) is 5.11 Å². The van der Waals surface area contributed by atoms with Gasteiger partial charge in [-0.05, 0) is 30.9 Å². The van der Waals surface area contributed by atoms with Gasteiger partial charge in [0.2, 0.25) is 0 Å². The Labute approximate surface area is 83.2 Å². The van der Waals surface area contributed by atoms with Crippen LogP contribution in [0.2, 0.25) is 0 Å². The first-order valence-corrected chi connectivity index (χ1v) is 4.69. The molecule has 0 atom stereocenters. The van der Waals surface area contributed by atoms with Crippen molar-refractivity contribution in [2.75, 3.05) is 0 Å². The molecule has 0 radical (unpaired) electrons. The maximum Gasteiger partial charge on any atom is 0.0853 e. The highest BCUT2D eigenvalue weighted by Gasteiger charge is 2.03. The standard InChI is InChI=1S/C12H13NO/c1-8-4-3-5-10-6-11(7-14)13-9(2)12(8)10/h3-6,14H,7H2,1-2H3. The van der Waals surface area contributed by atoms with Crippen LogP contribution in [-0.2, 0) is 6.61 Å². The van der Waals surface area contributed by atoms with Gasteiger partial charge in [0.1, 0.15) is 0 Å². The number of aryl methyl sites for hydroxylation is 2. The van der Waals surface area contributed by atoms with Gasteiger partial charge < -0.3 is 5.11 Å². The number of aromatic nitrogens is 1.